The smallest absolute Gasteiger partial charge is 0.262 e. The van der Waals surface area contributed by atoms with Gasteiger partial charge in [0.25, 0.3) is 5.91 Å². The van der Waals surface area contributed by atoms with E-state index < -0.39 is 0 Å². The fraction of sp³-hybridized carbons (Fsp3) is 0.125. The van der Waals surface area contributed by atoms with E-state index in [0.717, 1.165) is 15.6 Å². The van der Waals surface area contributed by atoms with Gasteiger partial charge in [-0.1, -0.05) is 34.1 Å². The van der Waals surface area contributed by atoms with Crippen LogP contribution < -0.4 is 15.6 Å². The van der Waals surface area contributed by atoms with Crippen LogP contribution in [-0.2, 0) is 0 Å². The molecule has 4 rings (SSSR count). The van der Waals surface area contributed by atoms with Crippen molar-refractivity contribution in [3.05, 3.63) is 88.0 Å². The van der Waals surface area contributed by atoms with Crippen LogP contribution in [0, 0.1) is 6.92 Å². The molecule has 31 heavy (non-hydrogen) atoms. The van der Waals surface area contributed by atoms with Crippen molar-refractivity contribution in [2.45, 2.75) is 13.8 Å². The Morgan fingerprint density at radius 2 is 1.97 bits per heavy atom. The van der Waals surface area contributed by atoms with Crippen molar-refractivity contribution in [2.75, 3.05) is 11.9 Å². The van der Waals surface area contributed by atoms with Crippen LogP contribution >= 0.6 is 15.9 Å². The number of benzene rings is 2. The predicted molar refractivity (Wildman–Crippen MR) is 124 cm³/mol. The largest absolute Gasteiger partial charge is 0.492 e. The molecule has 0 atom stereocenters. The molecule has 4 aromatic rings. The number of rotatable bonds is 5. The molecule has 0 radical (unpaired) electrons. The molecule has 2 aromatic carbocycles. The van der Waals surface area contributed by atoms with Crippen molar-refractivity contribution < 1.29 is 13.9 Å². The van der Waals surface area contributed by atoms with E-state index in [0.29, 0.717) is 35.0 Å². The first-order valence-electron chi connectivity index (χ1n) is 9.78. The number of fused-ring (bicyclic) bond motifs is 1. The highest BCUT2D eigenvalue weighted by molar-refractivity contribution is 9.10. The Kier molecular flexibility index (Phi) is 6.13. The number of amides is 1. The van der Waals surface area contributed by atoms with E-state index in [1.54, 1.807) is 12.1 Å². The molecule has 0 fully saturated rings. The number of para-hydroxylation sites is 2. The van der Waals surface area contributed by atoms with Crippen LogP contribution in [-0.4, -0.2) is 17.5 Å². The summed E-state index contributed by atoms with van der Waals surface area (Å²) in [7, 11) is 0. The molecule has 0 aliphatic rings. The molecule has 1 N–H and O–H groups in total. The monoisotopic (exact) mass is 477 g/mol. The molecule has 7 heteroatoms. The zero-order valence-corrected chi connectivity index (χ0v) is 18.6. The van der Waals surface area contributed by atoms with Crippen LogP contribution in [0.2, 0.25) is 0 Å². The van der Waals surface area contributed by atoms with Gasteiger partial charge in [0, 0.05) is 15.6 Å². The Morgan fingerprint density at radius 3 is 2.77 bits per heavy atom. The Balaban J connectivity index is 1.87. The quantitative estimate of drug-likeness (QED) is 0.395. The van der Waals surface area contributed by atoms with E-state index in [2.05, 4.69) is 31.2 Å². The molecule has 6 nitrogen and oxygen atoms in total. The highest BCUT2D eigenvalue weighted by Crippen LogP contribution is 2.27. The van der Waals surface area contributed by atoms with Gasteiger partial charge in [-0.25, -0.2) is 9.98 Å². The maximum Gasteiger partial charge on any atom is 0.262 e. The van der Waals surface area contributed by atoms with Crippen molar-refractivity contribution in [3.8, 4) is 5.75 Å². The molecule has 0 bridgehead atoms. The molecule has 0 spiro atoms. The second kappa shape index (κ2) is 9.14. The van der Waals surface area contributed by atoms with Crippen LogP contribution in [0.4, 0.5) is 11.5 Å². The predicted octanol–water partition coefficient (Wildman–Crippen LogP) is 5.78. The number of anilines is 1. The van der Waals surface area contributed by atoms with Crippen LogP contribution in [0.3, 0.4) is 0 Å². The maximum atomic E-state index is 13.2. The Morgan fingerprint density at radius 1 is 1.13 bits per heavy atom. The number of carbonyl (C=O) groups is 1. The van der Waals surface area contributed by atoms with Crippen molar-refractivity contribution in [3.63, 3.8) is 0 Å². The molecular weight excluding hydrogens is 458 g/mol. The normalized spacial score (nSPS) is 11.5. The lowest BCUT2D eigenvalue weighted by Crippen LogP contribution is -2.22. The fourth-order valence-electron chi connectivity index (χ4n) is 3.08. The van der Waals surface area contributed by atoms with E-state index in [9.17, 15) is 4.79 Å². The number of ether oxygens (including phenoxy) is 1. The van der Waals surface area contributed by atoms with Gasteiger partial charge in [-0.05, 0) is 62.4 Å². The third kappa shape index (κ3) is 4.83. The zero-order valence-electron chi connectivity index (χ0n) is 17.1. The van der Waals surface area contributed by atoms with Crippen LogP contribution in [0.1, 0.15) is 23.0 Å². The van der Waals surface area contributed by atoms with E-state index in [1.165, 1.54) is 0 Å². The minimum atomic E-state index is -0.364. The van der Waals surface area contributed by atoms with E-state index in [-0.39, 0.29) is 11.5 Å². The average Bonchev–Trinajstić information content (AvgIpc) is 2.75. The number of nitrogens with zero attached hydrogens (tertiary/aromatic N) is 2. The number of hydrogen-bond donors (Lipinski definition) is 1. The highest BCUT2D eigenvalue weighted by Gasteiger charge is 2.15. The van der Waals surface area contributed by atoms with Gasteiger partial charge in [-0.3, -0.25) is 4.79 Å². The number of nitrogens with one attached hydrogen (secondary N) is 1. The first kappa shape index (κ1) is 20.8. The van der Waals surface area contributed by atoms with Gasteiger partial charge in [0.1, 0.15) is 28.4 Å². The van der Waals surface area contributed by atoms with Gasteiger partial charge in [-0.15, -0.1) is 0 Å². The van der Waals surface area contributed by atoms with Gasteiger partial charge >= 0.3 is 0 Å². The first-order chi connectivity index (χ1) is 15.0. The van der Waals surface area contributed by atoms with Gasteiger partial charge < -0.3 is 14.5 Å². The van der Waals surface area contributed by atoms with Crippen LogP contribution in [0.25, 0.3) is 11.0 Å². The van der Waals surface area contributed by atoms with Crippen LogP contribution in [0.15, 0.2) is 80.6 Å². The molecular formula is C24H20BrN3O3. The summed E-state index contributed by atoms with van der Waals surface area (Å²) < 4.78 is 12.6. The molecule has 0 saturated carbocycles. The molecule has 0 saturated heterocycles. The van der Waals surface area contributed by atoms with Gasteiger partial charge in [-0.2, -0.15) is 0 Å². The summed E-state index contributed by atoms with van der Waals surface area (Å²) in [5, 5.41) is 3.60. The maximum absolute atomic E-state index is 13.2. The SMILES string of the molecule is CCOc1ccccc1N=c1oc2ccc(Br)cc2cc1C(=O)Nc1cccc(C)n1. The van der Waals surface area contributed by atoms with Crippen molar-refractivity contribution in [1.29, 1.82) is 0 Å². The van der Waals surface area contributed by atoms with Crippen molar-refractivity contribution >= 4 is 44.3 Å². The summed E-state index contributed by atoms with van der Waals surface area (Å²) in [6.07, 6.45) is 0. The summed E-state index contributed by atoms with van der Waals surface area (Å²) in [5.74, 6) is 0.708. The molecule has 156 valence electrons. The second-order valence-corrected chi connectivity index (χ2v) is 7.69. The summed E-state index contributed by atoms with van der Waals surface area (Å²) in [4.78, 5) is 22.1. The minimum absolute atomic E-state index is 0.187. The lowest BCUT2D eigenvalue weighted by atomic mass is 10.1. The fourth-order valence-corrected chi connectivity index (χ4v) is 3.46. The molecule has 1 amide bonds. The summed E-state index contributed by atoms with van der Waals surface area (Å²) in [6, 6.07) is 20.2. The Hall–Kier alpha value is -3.45. The van der Waals surface area contributed by atoms with Gasteiger partial charge in [0.2, 0.25) is 5.55 Å². The van der Waals surface area contributed by atoms with Crippen molar-refractivity contribution in [2.24, 2.45) is 4.99 Å². The molecule has 0 aliphatic heterocycles. The number of aryl methyl sites for hydroxylation is 1. The minimum Gasteiger partial charge on any atom is -0.492 e. The van der Waals surface area contributed by atoms with E-state index in [1.807, 2.05) is 68.4 Å². The summed E-state index contributed by atoms with van der Waals surface area (Å²) >= 11 is 3.46. The molecule has 2 aromatic heterocycles. The number of hydrogen-bond acceptors (Lipinski definition) is 5. The number of halogens is 1. The highest BCUT2D eigenvalue weighted by atomic mass is 79.9. The number of carbonyl (C=O) groups excluding carboxylic acids is 1. The lowest BCUT2D eigenvalue weighted by molar-refractivity contribution is 0.102. The molecule has 0 aliphatic carbocycles. The van der Waals surface area contributed by atoms with Gasteiger partial charge in [0.05, 0.1) is 6.61 Å². The third-order valence-corrected chi connectivity index (χ3v) is 4.96. The topological polar surface area (TPSA) is 76.7 Å². The Bertz CT molecular complexity index is 1330. The first-order valence-corrected chi connectivity index (χ1v) is 10.6. The Labute approximate surface area is 187 Å². The molecule has 0 unspecified atom stereocenters. The summed E-state index contributed by atoms with van der Waals surface area (Å²) in [5.41, 5.74) is 2.47. The third-order valence-electron chi connectivity index (χ3n) is 4.47. The van der Waals surface area contributed by atoms with Crippen LogP contribution in [0.5, 0.6) is 5.75 Å². The zero-order chi connectivity index (χ0) is 21.8. The van der Waals surface area contributed by atoms with Crippen molar-refractivity contribution in [1.82, 2.24) is 4.98 Å². The average molecular weight is 478 g/mol. The van der Waals surface area contributed by atoms with Gasteiger partial charge in [0.15, 0.2) is 0 Å². The standard InChI is InChI=1S/C24H20BrN3O3/c1-3-30-21-9-5-4-8-19(21)27-24-18(14-16-13-17(25)11-12-20(16)31-24)23(29)28-22-10-6-7-15(2)26-22/h4-14H,3H2,1-2H3,(H,26,28,29). The van der Waals surface area contributed by atoms with E-state index >= 15 is 0 Å². The van der Waals surface area contributed by atoms with E-state index in [4.69, 9.17) is 9.15 Å². The lowest BCUT2D eigenvalue weighted by Gasteiger charge is -2.09. The molecule has 2 heterocycles. The number of pyridine rings is 1. The second-order valence-electron chi connectivity index (χ2n) is 6.78. The summed E-state index contributed by atoms with van der Waals surface area (Å²) in [6.45, 7) is 4.27. The number of aromatic nitrogens is 1.